The predicted octanol–water partition coefficient (Wildman–Crippen LogP) is 1.18. The number of phenolic OH excluding ortho intramolecular Hbond substituents is 1. The molecule has 18 heavy (non-hydrogen) atoms. The molecule has 0 fully saturated rings. The van der Waals surface area contributed by atoms with Gasteiger partial charge in [-0.05, 0) is 19.2 Å². The number of aromatic hydroxyl groups is 1. The highest BCUT2D eigenvalue weighted by atomic mass is 16.3. The van der Waals surface area contributed by atoms with Crippen LogP contribution >= 0.6 is 0 Å². The van der Waals surface area contributed by atoms with Crippen molar-refractivity contribution in [2.24, 2.45) is 0 Å². The van der Waals surface area contributed by atoms with Gasteiger partial charge < -0.3 is 20.4 Å². The van der Waals surface area contributed by atoms with Gasteiger partial charge in [0, 0.05) is 25.2 Å². The molecule has 0 amide bonds. The Labute approximate surface area is 109 Å². The van der Waals surface area contributed by atoms with Crippen LogP contribution in [-0.2, 0) is 6.54 Å². The largest absolute Gasteiger partial charge is 0.508 e. The summed E-state index contributed by atoms with van der Waals surface area (Å²) in [4.78, 5) is 2.19. The second-order valence-corrected chi connectivity index (χ2v) is 4.40. The molecule has 1 atom stereocenters. The Balaban J connectivity index is 2.27. The number of nitrogens with zero attached hydrogens (tertiary/aromatic N) is 1. The van der Waals surface area contributed by atoms with E-state index in [-0.39, 0.29) is 6.10 Å². The smallest absolute Gasteiger partial charge is 0.120 e. The highest BCUT2D eigenvalue weighted by molar-refractivity contribution is 5.31. The monoisotopic (exact) mass is 252 g/mol. The van der Waals surface area contributed by atoms with Crippen molar-refractivity contribution in [1.82, 2.24) is 10.2 Å². The number of hydrogen-bond donors (Lipinski definition) is 3. The van der Waals surface area contributed by atoms with E-state index < -0.39 is 0 Å². The molecule has 102 valence electrons. The number of hydrogen-bond acceptors (Lipinski definition) is 4. The third-order valence-corrected chi connectivity index (χ3v) is 3.05. The number of para-hydroxylation sites is 1. The van der Waals surface area contributed by atoms with E-state index >= 15 is 0 Å². The van der Waals surface area contributed by atoms with Gasteiger partial charge >= 0.3 is 0 Å². The van der Waals surface area contributed by atoms with E-state index in [1.165, 1.54) is 0 Å². The molecule has 3 N–H and O–H groups in total. The average molecular weight is 252 g/mol. The van der Waals surface area contributed by atoms with Crippen molar-refractivity contribution in [1.29, 1.82) is 0 Å². The first kappa shape index (κ1) is 15.0. The summed E-state index contributed by atoms with van der Waals surface area (Å²) in [6.07, 6.45) is -0.379. The van der Waals surface area contributed by atoms with Crippen LogP contribution in [0.2, 0.25) is 0 Å². The van der Waals surface area contributed by atoms with E-state index in [1.807, 2.05) is 12.1 Å². The number of aliphatic hydroxyl groups excluding tert-OH is 1. The van der Waals surface area contributed by atoms with Crippen molar-refractivity contribution in [2.75, 3.05) is 26.2 Å². The summed E-state index contributed by atoms with van der Waals surface area (Å²) in [6, 6.07) is 7.24. The fraction of sp³-hybridized carbons (Fsp3) is 0.571. The Morgan fingerprint density at radius 2 is 1.89 bits per heavy atom. The van der Waals surface area contributed by atoms with E-state index in [9.17, 15) is 10.2 Å². The van der Waals surface area contributed by atoms with Gasteiger partial charge in [0.25, 0.3) is 0 Å². The van der Waals surface area contributed by atoms with E-state index in [4.69, 9.17) is 0 Å². The molecule has 1 unspecified atom stereocenters. The molecule has 1 rings (SSSR count). The van der Waals surface area contributed by atoms with Crippen LogP contribution < -0.4 is 5.32 Å². The van der Waals surface area contributed by atoms with Crippen LogP contribution in [0.5, 0.6) is 5.75 Å². The molecule has 0 aromatic heterocycles. The molecule has 4 heteroatoms. The van der Waals surface area contributed by atoms with Crippen molar-refractivity contribution in [3.63, 3.8) is 0 Å². The molecule has 4 nitrogen and oxygen atoms in total. The summed E-state index contributed by atoms with van der Waals surface area (Å²) in [7, 11) is 0. The second kappa shape index (κ2) is 8.08. The molecule has 0 aliphatic rings. The summed E-state index contributed by atoms with van der Waals surface area (Å²) in [5.74, 6) is 0.295. The van der Waals surface area contributed by atoms with Crippen LogP contribution in [0.3, 0.4) is 0 Å². The highest BCUT2D eigenvalue weighted by Crippen LogP contribution is 2.14. The maximum atomic E-state index is 9.86. The predicted molar refractivity (Wildman–Crippen MR) is 73.6 cm³/mol. The Bertz CT molecular complexity index is 340. The molecule has 0 spiro atoms. The summed E-state index contributed by atoms with van der Waals surface area (Å²) in [6.45, 7) is 7.87. The SMILES string of the molecule is CCN(CC)CC(O)CNCc1ccccc1O. The van der Waals surface area contributed by atoms with Gasteiger partial charge in [0.2, 0.25) is 0 Å². The molecular formula is C14H24N2O2. The average Bonchev–Trinajstić information content (AvgIpc) is 2.38. The lowest BCUT2D eigenvalue weighted by molar-refractivity contribution is 0.116. The second-order valence-electron chi connectivity index (χ2n) is 4.40. The zero-order chi connectivity index (χ0) is 13.4. The van der Waals surface area contributed by atoms with Gasteiger partial charge in [0.15, 0.2) is 0 Å². The summed E-state index contributed by atoms with van der Waals surface area (Å²) < 4.78 is 0. The minimum atomic E-state index is -0.379. The summed E-state index contributed by atoms with van der Waals surface area (Å²) >= 11 is 0. The zero-order valence-electron chi connectivity index (χ0n) is 11.3. The Morgan fingerprint density at radius 3 is 2.50 bits per heavy atom. The first-order valence-electron chi connectivity index (χ1n) is 6.55. The lowest BCUT2D eigenvalue weighted by Gasteiger charge is -2.22. The third kappa shape index (κ3) is 5.04. The van der Waals surface area contributed by atoms with Crippen LogP contribution in [-0.4, -0.2) is 47.4 Å². The normalized spacial score (nSPS) is 12.9. The van der Waals surface area contributed by atoms with Gasteiger partial charge in [-0.3, -0.25) is 0 Å². The van der Waals surface area contributed by atoms with Gasteiger partial charge in [0.1, 0.15) is 5.75 Å². The summed E-state index contributed by atoms with van der Waals surface area (Å²) in [5.41, 5.74) is 0.854. The van der Waals surface area contributed by atoms with E-state index in [0.29, 0.717) is 25.4 Å². The Kier molecular flexibility index (Phi) is 6.72. The van der Waals surface area contributed by atoms with Gasteiger partial charge in [-0.2, -0.15) is 0 Å². The van der Waals surface area contributed by atoms with E-state index in [0.717, 1.165) is 18.7 Å². The lowest BCUT2D eigenvalue weighted by Crippen LogP contribution is -2.38. The number of rotatable bonds is 8. The van der Waals surface area contributed by atoms with Crippen molar-refractivity contribution in [2.45, 2.75) is 26.5 Å². The highest BCUT2D eigenvalue weighted by Gasteiger charge is 2.08. The van der Waals surface area contributed by atoms with Crippen molar-refractivity contribution in [3.05, 3.63) is 29.8 Å². The molecule has 0 saturated heterocycles. The van der Waals surface area contributed by atoms with Gasteiger partial charge in [-0.15, -0.1) is 0 Å². The fourth-order valence-electron chi connectivity index (χ4n) is 1.88. The molecule has 0 saturated carbocycles. The fourth-order valence-corrected chi connectivity index (χ4v) is 1.88. The van der Waals surface area contributed by atoms with Crippen LogP contribution in [0, 0.1) is 0 Å². The van der Waals surface area contributed by atoms with E-state index in [1.54, 1.807) is 12.1 Å². The number of likely N-dealkylation sites (N-methyl/N-ethyl adjacent to an activating group) is 1. The zero-order valence-corrected chi connectivity index (χ0v) is 11.3. The van der Waals surface area contributed by atoms with Crippen molar-refractivity contribution >= 4 is 0 Å². The van der Waals surface area contributed by atoms with Crippen LogP contribution in [0.25, 0.3) is 0 Å². The third-order valence-electron chi connectivity index (χ3n) is 3.05. The molecule has 1 aromatic carbocycles. The quantitative estimate of drug-likeness (QED) is 0.650. The number of phenols is 1. The molecule has 0 radical (unpaired) electrons. The van der Waals surface area contributed by atoms with Gasteiger partial charge in [-0.1, -0.05) is 32.0 Å². The topological polar surface area (TPSA) is 55.7 Å². The molecule has 0 aliphatic heterocycles. The first-order valence-corrected chi connectivity index (χ1v) is 6.55. The molecule has 0 bridgehead atoms. The van der Waals surface area contributed by atoms with E-state index in [2.05, 4.69) is 24.1 Å². The van der Waals surface area contributed by atoms with Crippen molar-refractivity contribution < 1.29 is 10.2 Å². The number of nitrogens with one attached hydrogen (secondary N) is 1. The Morgan fingerprint density at radius 1 is 1.22 bits per heavy atom. The Hall–Kier alpha value is -1.10. The van der Waals surface area contributed by atoms with Crippen LogP contribution in [0.4, 0.5) is 0 Å². The molecule has 0 heterocycles. The standard InChI is InChI=1S/C14H24N2O2/c1-3-16(4-2)11-13(17)10-15-9-12-7-5-6-8-14(12)18/h5-8,13,15,17-18H,3-4,9-11H2,1-2H3. The number of aliphatic hydroxyl groups is 1. The molecule has 0 aliphatic carbocycles. The lowest BCUT2D eigenvalue weighted by atomic mass is 10.2. The maximum absolute atomic E-state index is 9.86. The maximum Gasteiger partial charge on any atom is 0.120 e. The van der Waals surface area contributed by atoms with Crippen molar-refractivity contribution in [3.8, 4) is 5.75 Å². The molecular weight excluding hydrogens is 228 g/mol. The minimum Gasteiger partial charge on any atom is -0.508 e. The van der Waals surface area contributed by atoms with Gasteiger partial charge in [-0.25, -0.2) is 0 Å². The minimum absolute atomic E-state index is 0.295. The number of benzene rings is 1. The molecule has 1 aromatic rings. The van der Waals surface area contributed by atoms with Gasteiger partial charge in [0.05, 0.1) is 6.10 Å². The van der Waals surface area contributed by atoms with Crippen LogP contribution in [0.15, 0.2) is 24.3 Å². The van der Waals surface area contributed by atoms with Crippen LogP contribution in [0.1, 0.15) is 19.4 Å². The summed E-state index contributed by atoms with van der Waals surface area (Å²) in [5, 5.41) is 22.6. The first-order chi connectivity index (χ1) is 8.67.